The SMILES string of the molecule is CCCCN(CCCC)c1cc(C(=O)O)cc(SN(CC)CCO)c1Oc1ccc(P)cc1F. The van der Waals surface area contributed by atoms with Crippen LogP contribution >= 0.6 is 21.2 Å². The Bertz CT molecular complexity index is 939. The molecule has 2 aromatic rings. The fourth-order valence-corrected chi connectivity index (χ4v) is 4.63. The van der Waals surface area contributed by atoms with Crippen LogP contribution in [0, 0.1) is 5.82 Å². The van der Waals surface area contributed by atoms with Crippen LogP contribution in [0.4, 0.5) is 10.1 Å². The van der Waals surface area contributed by atoms with Crippen LogP contribution in [-0.2, 0) is 0 Å². The molecule has 0 fully saturated rings. The first-order valence-electron chi connectivity index (χ1n) is 11.8. The highest BCUT2D eigenvalue weighted by Crippen LogP contribution is 2.44. The summed E-state index contributed by atoms with van der Waals surface area (Å²) in [5.41, 5.74) is 0.780. The van der Waals surface area contributed by atoms with Crippen LogP contribution in [0.5, 0.6) is 11.5 Å². The maximum Gasteiger partial charge on any atom is 0.335 e. The Hall–Kier alpha value is -1.86. The summed E-state index contributed by atoms with van der Waals surface area (Å²) in [5.74, 6) is -1.03. The predicted octanol–water partition coefficient (Wildman–Crippen LogP) is 5.54. The van der Waals surface area contributed by atoms with Crippen LogP contribution in [0.1, 0.15) is 56.8 Å². The average Bonchev–Trinajstić information content (AvgIpc) is 2.81. The Kier molecular flexibility index (Phi) is 12.1. The number of aromatic carboxylic acids is 1. The molecule has 0 bridgehead atoms. The number of carboxylic acid groups (broad SMARTS) is 1. The minimum atomic E-state index is -1.04. The van der Waals surface area contributed by atoms with Gasteiger partial charge in [0.25, 0.3) is 0 Å². The molecule has 2 aromatic carbocycles. The standard InChI is InChI=1S/C25H36FN2O4PS/c1-4-7-11-27(12-8-5-2)21-15-18(25(30)31)16-23(34-28(6-3)13-14-29)24(21)32-22-10-9-19(33)17-20(22)26/h9-10,15-17,29H,4-8,11-14,33H2,1-3H3,(H,30,31). The average molecular weight is 511 g/mol. The number of benzene rings is 2. The van der Waals surface area contributed by atoms with Crippen molar-refractivity contribution in [3.8, 4) is 11.5 Å². The molecule has 0 aromatic heterocycles. The molecule has 0 radical (unpaired) electrons. The number of aliphatic hydroxyl groups excluding tert-OH is 1. The highest BCUT2D eigenvalue weighted by atomic mass is 32.2. The van der Waals surface area contributed by atoms with Crippen molar-refractivity contribution in [2.75, 3.05) is 37.7 Å². The summed E-state index contributed by atoms with van der Waals surface area (Å²) < 4.78 is 22.9. The zero-order chi connectivity index (χ0) is 25.1. The van der Waals surface area contributed by atoms with Gasteiger partial charge in [0.05, 0.1) is 22.8 Å². The maximum absolute atomic E-state index is 14.8. The number of ether oxygens (including phenoxy) is 1. The van der Waals surface area contributed by atoms with Gasteiger partial charge in [0.15, 0.2) is 17.3 Å². The Morgan fingerprint density at radius 3 is 2.29 bits per heavy atom. The van der Waals surface area contributed by atoms with Gasteiger partial charge in [-0.15, -0.1) is 9.24 Å². The molecule has 0 saturated heterocycles. The third-order valence-corrected chi connectivity index (χ3v) is 6.84. The fourth-order valence-electron chi connectivity index (χ4n) is 3.40. The third kappa shape index (κ3) is 8.12. The van der Waals surface area contributed by atoms with E-state index >= 15 is 0 Å². The van der Waals surface area contributed by atoms with Gasteiger partial charge in [-0.2, -0.15) is 0 Å². The van der Waals surface area contributed by atoms with E-state index in [4.69, 9.17) is 4.74 Å². The number of aliphatic hydroxyl groups is 1. The van der Waals surface area contributed by atoms with Crippen LogP contribution < -0.4 is 14.9 Å². The lowest BCUT2D eigenvalue weighted by Crippen LogP contribution is -2.27. The van der Waals surface area contributed by atoms with E-state index in [9.17, 15) is 19.4 Å². The van der Waals surface area contributed by atoms with Gasteiger partial charge in [-0.25, -0.2) is 13.5 Å². The van der Waals surface area contributed by atoms with E-state index < -0.39 is 11.8 Å². The lowest BCUT2D eigenvalue weighted by atomic mass is 10.1. The Morgan fingerprint density at radius 2 is 1.76 bits per heavy atom. The predicted molar refractivity (Wildman–Crippen MR) is 141 cm³/mol. The molecule has 6 nitrogen and oxygen atoms in total. The van der Waals surface area contributed by atoms with Gasteiger partial charge < -0.3 is 19.8 Å². The van der Waals surface area contributed by atoms with E-state index in [1.165, 1.54) is 18.0 Å². The number of carbonyl (C=O) groups is 1. The van der Waals surface area contributed by atoms with Gasteiger partial charge in [-0.3, -0.25) is 0 Å². The van der Waals surface area contributed by atoms with Gasteiger partial charge >= 0.3 is 5.97 Å². The first kappa shape index (κ1) is 28.4. The van der Waals surface area contributed by atoms with Crippen molar-refractivity contribution >= 4 is 38.1 Å². The number of halogens is 1. The Balaban J connectivity index is 2.69. The van der Waals surface area contributed by atoms with E-state index in [0.29, 0.717) is 34.7 Å². The van der Waals surface area contributed by atoms with Crippen LogP contribution in [-0.4, -0.2) is 53.3 Å². The van der Waals surface area contributed by atoms with E-state index in [1.807, 2.05) is 11.2 Å². The summed E-state index contributed by atoms with van der Waals surface area (Å²) in [6.45, 7) is 8.64. The molecular weight excluding hydrogens is 474 g/mol. The second-order valence-electron chi connectivity index (χ2n) is 7.95. The zero-order valence-electron chi connectivity index (χ0n) is 20.2. The zero-order valence-corrected chi connectivity index (χ0v) is 22.2. The van der Waals surface area contributed by atoms with Crippen molar-refractivity contribution in [3.05, 3.63) is 41.7 Å². The summed E-state index contributed by atoms with van der Waals surface area (Å²) in [4.78, 5) is 14.7. The van der Waals surface area contributed by atoms with Crippen LogP contribution in [0.15, 0.2) is 35.2 Å². The number of anilines is 1. The lowest BCUT2D eigenvalue weighted by molar-refractivity contribution is 0.0696. The van der Waals surface area contributed by atoms with Crippen molar-refractivity contribution in [2.45, 2.75) is 51.3 Å². The summed E-state index contributed by atoms with van der Waals surface area (Å²) in [7, 11) is 2.46. The number of carboxylic acids is 1. The largest absolute Gasteiger partial charge is 0.478 e. The van der Waals surface area contributed by atoms with E-state index in [0.717, 1.165) is 38.8 Å². The monoisotopic (exact) mass is 510 g/mol. The molecule has 0 spiro atoms. The molecule has 0 aliphatic carbocycles. The molecule has 0 heterocycles. The minimum absolute atomic E-state index is 0.0358. The molecule has 0 aliphatic rings. The van der Waals surface area contributed by atoms with Gasteiger partial charge in [0, 0.05) is 26.2 Å². The maximum atomic E-state index is 14.8. The molecule has 188 valence electrons. The molecule has 0 saturated carbocycles. The van der Waals surface area contributed by atoms with Crippen LogP contribution in [0.3, 0.4) is 0 Å². The number of nitrogens with zero attached hydrogens (tertiary/aromatic N) is 2. The molecule has 0 amide bonds. The van der Waals surface area contributed by atoms with E-state index in [-0.39, 0.29) is 17.9 Å². The van der Waals surface area contributed by atoms with Gasteiger partial charge in [-0.1, -0.05) is 39.7 Å². The number of hydrogen-bond acceptors (Lipinski definition) is 6. The number of likely N-dealkylation sites (N-methyl/N-ethyl adjacent to an activating group) is 1. The molecule has 2 N–H and O–H groups in total. The first-order chi connectivity index (χ1) is 16.3. The fraction of sp³-hybridized carbons (Fsp3) is 0.480. The second-order valence-corrected chi connectivity index (χ2v) is 9.76. The third-order valence-electron chi connectivity index (χ3n) is 5.28. The smallest absolute Gasteiger partial charge is 0.335 e. The normalized spacial score (nSPS) is 11.1. The quantitative estimate of drug-likeness (QED) is 0.241. The Morgan fingerprint density at radius 1 is 1.09 bits per heavy atom. The summed E-state index contributed by atoms with van der Waals surface area (Å²) in [6, 6.07) is 7.89. The van der Waals surface area contributed by atoms with Crippen molar-refractivity contribution in [3.63, 3.8) is 0 Å². The Labute approximate surface area is 208 Å². The lowest BCUT2D eigenvalue weighted by Gasteiger charge is -2.29. The van der Waals surface area contributed by atoms with Gasteiger partial charge in [0.2, 0.25) is 0 Å². The highest BCUT2D eigenvalue weighted by molar-refractivity contribution is 7.97. The molecule has 1 unspecified atom stereocenters. The summed E-state index contributed by atoms with van der Waals surface area (Å²) >= 11 is 1.31. The summed E-state index contributed by atoms with van der Waals surface area (Å²) in [5, 5.41) is 20.0. The molecule has 0 aliphatic heterocycles. The molecule has 9 heteroatoms. The molecular formula is C25H36FN2O4PS. The van der Waals surface area contributed by atoms with Gasteiger partial charge in [-0.05, 0) is 54.4 Å². The van der Waals surface area contributed by atoms with Crippen molar-refractivity contribution in [1.82, 2.24) is 4.31 Å². The van der Waals surface area contributed by atoms with Crippen molar-refractivity contribution in [1.29, 1.82) is 0 Å². The number of hydrogen-bond donors (Lipinski definition) is 2. The molecule has 34 heavy (non-hydrogen) atoms. The molecule has 1 atom stereocenters. The minimum Gasteiger partial charge on any atom is -0.478 e. The first-order valence-corrected chi connectivity index (χ1v) is 13.1. The van der Waals surface area contributed by atoms with Crippen LogP contribution in [0.2, 0.25) is 0 Å². The van der Waals surface area contributed by atoms with Crippen LogP contribution in [0.25, 0.3) is 0 Å². The van der Waals surface area contributed by atoms with Crippen molar-refractivity contribution in [2.24, 2.45) is 0 Å². The number of unbranched alkanes of at least 4 members (excludes halogenated alkanes) is 2. The number of rotatable bonds is 15. The van der Waals surface area contributed by atoms with E-state index in [1.54, 1.807) is 24.3 Å². The van der Waals surface area contributed by atoms with Crippen molar-refractivity contribution < 1.29 is 24.1 Å². The van der Waals surface area contributed by atoms with E-state index in [2.05, 4.69) is 28.0 Å². The second kappa shape index (κ2) is 14.5. The topological polar surface area (TPSA) is 73.2 Å². The van der Waals surface area contributed by atoms with Gasteiger partial charge in [0.1, 0.15) is 0 Å². The molecule has 2 rings (SSSR count). The summed E-state index contributed by atoms with van der Waals surface area (Å²) in [6.07, 6.45) is 3.85. The highest BCUT2D eigenvalue weighted by Gasteiger charge is 2.23.